The number of hydrogen-bond acceptors (Lipinski definition) is 6. The smallest absolute Gasteiger partial charge is 0.261 e. The molecular formula is C26H36N2O5S. The average molecular weight is 489 g/mol. The second-order valence-electron chi connectivity index (χ2n) is 10.4. The third-order valence-electron chi connectivity index (χ3n) is 6.69. The maximum Gasteiger partial charge on any atom is 0.261 e. The molecule has 0 radical (unpaired) electrons. The molecule has 0 saturated carbocycles. The van der Waals surface area contributed by atoms with Gasteiger partial charge in [-0.05, 0) is 54.9 Å². The van der Waals surface area contributed by atoms with Gasteiger partial charge in [0.05, 0.1) is 18.1 Å². The van der Waals surface area contributed by atoms with E-state index in [9.17, 15) is 13.2 Å². The fourth-order valence-corrected chi connectivity index (χ4v) is 6.36. The lowest BCUT2D eigenvalue weighted by atomic mass is 9.87. The van der Waals surface area contributed by atoms with Gasteiger partial charge >= 0.3 is 0 Å². The summed E-state index contributed by atoms with van der Waals surface area (Å²) in [5.41, 5.74) is 1.22. The zero-order valence-corrected chi connectivity index (χ0v) is 21.3. The summed E-state index contributed by atoms with van der Waals surface area (Å²) in [5.74, 6) is 1.94. The zero-order valence-electron chi connectivity index (χ0n) is 20.5. The summed E-state index contributed by atoms with van der Waals surface area (Å²) in [7, 11) is -3.14. The Morgan fingerprint density at radius 1 is 1.09 bits per heavy atom. The van der Waals surface area contributed by atoms with E-state index in [2.05, 4.69) is 25.7 Å². The van der Waals surface area contributed by atoms with Crippen LogP contribution in [-0.2, 0) is 26.6 Å². The number of nitrogens with zero attached hydrogens (tertiary/aromatic N) is 2. The van der Waals surface area contributed by atoms with Crippen LogP contribution >= 0.6 is 0 Å². The van der Waals surface area contributed by atoms with Crippen LogP contribution in [0.1, 0.15) is 57.8 Å². The van der Waals surface area contributed by atoms with Crippen LogP contribution in [0.5, 0.6) is 5.75 Å². The highest BCUT2D eigenvalue weighted by Crippen LogP contribution is 2.27. The Balaban J connectivity index is 1.44. The Hall–Kier alpha value is -2.48. The fourth-order valence-electron chi connectivity index (χ4n) is 4.62. The van der Waals surface area contributed by atoms with Crippen molar-refractivity contribution < 1.29 is 22.4 Å². The van der Waals surface area contributed by atoms with Crippen molar-refractivity contribution in [2.45, 2.75) is 64.5 Å². The van der Waals surface area contributed by atoms with E-state index in [0.29, 0.717) is 17.9 Å². The van der Waals surface area contributed by atoms with Gasteiger partial charge < -0.3 is 19.0 Å². The SMILES string of the molecule is CC(C)(C)c1ccc(OCC(=O)N(Cc2ccc(N3CCCCC3)o2)C2CCS(=O)(=O)C2)cc1. The highest BCUT2D eigenvalue weighted by atomic mass is 32.2. The van der Waals surface area contributed by atoms with Gasteiger partial charge in [-0.1, -0.05) is 32.9 Å². The first-order valence-corrected chi connectivity index (χ1v) is 14.0. The molecule has 1 aromatic heterocycles. The largest absolute Gasteiger partial charge is 0.484 e. The molecule has 0 spiro atoms. The summed E-state index contributed by atoms with van der Waals surface area (Å²) in [4.78, 5) is 17.1. The molecule has 1 amide bonds. The second-order valence-corrected chi connectivity index (χ2v) is 12.7. The van der Waals surface area contributed by atoms with Crippen molar-refractivity contribution in [3.05, 3.63) is 47.7 Å². The third-order valence-corrected chi connectivity index (χ3v) is 8.44. The van der Waals surface area contributed by atoms with Crippen molar-refractivity contribution in [1.29, 1.82) is 0 Å². The van der Waals surface area contributed by atoms with Crippen LogP contribution in [0.3, 0.4) is 0 Å². The number of piperidine rings is 1. The summed E-state index contributed by atoms with van der Waals surface area (Å²) in [5, 5.41) is 0. The van der Waals surface area contributed by atoms with Crippen molar-refractivity contribution in [2.24, 2.45) is 0 Å². The number of sulfone groups is 1. The monoisotopic (exact) mass is 488 g/mol. The van der Waals surface area contributed by atoms with Gasteiger partial charge in [-0.2, -0.15) is 0 Å². The first-order valence-electron chi connectivity index (χ1n) is 12.2. The predicted octanol–water partition coefficient (Wildman–Crippen LogP) is 4.16. The Labute approximate surface area is 203 Å². The predicted molar refractivity (Wildman–Crippen MR) is 133 cm³/mol. The van der Waals surface area contributed by atoms with E-state index in [0.717, 1.165) is 31.8 Å². The van der Waals surface area contributed by atoms with Crippen LogP contribution in [0, 0.1) is 0 Å². The molecule has 2 aliphatic heterocycles. The molecule has 3 heterocycles. The second kappa shape index (κ2) is 10.0. The fraction of sp³-hybridized carbons (Fsp3) is 0.577. The highest BCUT2D eigenvalue weighted by Gasteiger charge is 2.35. The molecule has 4 rings (SSSR count). The molecule has 8 heteroatoms. The first kappa shape index (κ1) is 24.6. The number of carbonyl (C=O) groups is 1. The van der Waals surface area contributed by atoms with Crippen LogP contribution in [0.15, 0.2) is 40.8 Å². The first-order chi connectivity index (χ1) is 16.1. The van der Waals surface area contributed by atoms with E-state index in [1.54, 1.807) is 4.90 Å². The minimum atomic E-state index is -3.14. The number of furan rings is 1. The molecule has 1 aromatic carbocycles. The van der Waals surface area contributed by atoms with E-state index in [4.69, 9.17) is 9.15 Å². The van der Waals surface area contributed by atoms with Crippen molar-refractivity contribution >= 4 is 21.6 Å². The lowest BCUT2D eigenvalue weighted by Crippen LogP contribution is -2.43. The maximum absolute atomic E-state index is 13.2. The maximum atomic E-state index is 13.2. The number of hydrogen-bond donors (Lipinski definition) is 0. The van der Waals surface area contributed by atoms with Crippen LogP contribution in [0.4, 0.5) is 5.88 Å². The van der Waals surface area contributed by atoms with Gasteiger partial charge in [0.25, 0.3) is 5.91 Å². The van der Waals surface area contributed by atoms with E-state index in [-0.39, 0.29) is 42.0 Å². The van der Waals surface area contributed by atoms with Crippen molar-refractivity contribution in [3.63, 3.8) is 0 Å². The molecule has 1 atom stereocenters. The quantitative estimate of drug-likeness (QED) is 0.582. The molecule has 1 unspecified atom stereocenters. The van der Waals surface area contributed by atoms with Crippen molar-refractivity contribution in [2.75, 3.05) is 36.1 Å². The van der Waals surface area contributed by atoms with E-state index < -0.39 is 9.84 Å². The molecule has 2 fully saturated rings. The molecule has 186 valence electrons. The number of benzene rings is 1. The van der Waals surface area contributed by atoms with Gasteiger partial charge in [0.2, 0.25) is 0 Å². The lowest BCUT2D eigenvalue weighted by Gasteiger charge is -2.28. The molecule has 2 saturated heterocycles. The van der Waals surface area contributed by atoms with Gasteiger partial charge in [-0.25, -0.2) is 8.42 Å². The van der Waals surface area contributed by atoms with Gasteiger partial charge in [0.1, 0.15) is 11.5 Å². The Kier molecular flexibility index (Phi) is 7.26. The molecule has 0 aliphatic carbocycles. The van der Waals surface area contributed by atoms with E-state index in [1.165, 1.54) is 12.0 Å². The van der Waals surface area contributed by atoms with Crippen LogP contribution in [0.25, 0.3) is 0 Å². The number of amides is 1. The summed E-state index contributed by atoms with van der Waals surface area (Å²) in [6.45, 7) is 8.46. The van der Waals surface area contributed by atoms with E-state index >= 15 is 0 Å². The standard InChI is InChI=1S/C26H36N2O5S/c1-26(2,3)20-7-9-22(10-8-20)32-18-24(29)28(21-13-16-34(30,31)19-21)17-23-11-12-25(33-23)27-14-5-4-6-15-27/h7-12,21H,4-6,13-19H2,1-3H3. The number of rotatable bonds is 7. The van der Waals surface area contributed by atoms with Crippen molar-refractivity contribution in [3.8, 4) is 5.75 Å². The van der Waals surface area contributed by atoms with E-state index in [1.807, 2.05) is 36.4 Å². The normalized spacial score (nSPS) is 20.3. The minimum absolute atomic E-state index is 0.0152. The van der Waals surface area contributed by atoms with Gasteiger partial charge in [-0.15, -0.1) is 0 Å². The third kappa shape index (κ3) is 6.14. The number of ether oxygens (including phenoxy) is 1. The molecule has 0 N–H and O–H groups in total. The van der Waals surface area contributed by atoms with Gasteiger partial charge in [0.15, 0.2) is 22.3 Å². The molecule has 7 nitrogen and oxygen atoms in total. The van der Waals surface area contributed by atoms with Crippen LogP contribution in [-0.4, -0.2) is 56.5 Å². The average Bonchev–Trinajstić information content (AvgIpc) is 3.42. The Morgan fingerprint density at radius 3 is 2.41 bits per heavy atom. The number of anilines is 1. The molecule has 2 aromatic rings. The van der Waals surface area contributed by atoms with Gasteiger partial charge in [0, 0.05) is 25.2 Å². The van der Waals surface area contributed by atoms with Crippen LogP contribution in [0.2, 0.25) is 0 Å². The molecule has 0 bridgehead atoms. The summed E-state index contributed by atoms with van der Waals surface area (Å²) < 4.78 is 36.1. The summed E-state index contributed by atoms with van der Waals surface area (Å²) in [6.07, 6.45) is 3.97. The highest BCUT2D eigenvalue weighted by molar-refractivity contribution is 7.91. The topological polar surface area (TPSA) is 80.1 Å². The summed E-state index contributed by atoms with van der Waals surface area (Å²) >= 11 is 0. The van der Waals surface area contributed by atoms with Crippen LogP contribution < -0.4 is 9.64 Å². The molecular weight excluding hydrogens is 452 g/mol. The zero-order chi connectivity index (χ0) is 24.3. The summed E-state index contributed by atoms with van der Waals surface area (Å²) in [6, 6.07) is 11.2. The lowest BCUT2D eigenvalue weighted by molar-refractivity contribution is -0.136. The van der Waals surface area contributed by atoms with Crippen molar-refractivity contribution in [1.82, 2.24) is 4.90 Å². The Bertz CT molecular complexity index is 1080. The minimum Gasteiger partial charge on any atom is -0.484 e. The number of carbonyl (C=O) groups excluding carboxylic acids is 1. The molecule has 34 heavy (non-hydrogen) atoms. The molecule has 2 aliphatic rings. The Morgan fingerprint density at radius 2 is 1.79 bits per heavy atom. The van der Waals surface area contributed by atoms with Gasteiger partial charge in [-0.3, -0.25) is 4.79 Å².